The molecule has 1 saturated heterocycles. The SMILES string of the molecule is Cc1ccc(C(O)(CC(=O)N2CC3CCC2C3)C(F)(F)F)o1. The minimum absolute atomic E-state index is 0.0216. The maximum Gasteiger partial charge on any atom is 0.425 e. The first kappa shape index (κ1) is 15.4. The van der Waals surface area contributed by atoms with Gasteiger partial charge in [-0.25, -0.2) is 0 Å². The van der Waals surface area contributed by atoms with Gasteiger partial charge in [-0.2, -0.15) is 13.2 Å². The zero-order valence-corrected chi connectivity index (χ0v) is 12.2. The smallest absolute Gasteiger partial charge is 0.425 e. The summed E-state index contributed by atoms with van der Waals surface area (Å²) in [5.41, 5.74) is -3.28. The van der Waals surface area contributed by atoms with Crippen LogP contribution in [-0.4, -0.2) is 34.7 Å². The predicted octanol–water partition coefficient (Wildman–Crippen LogP) is 2.74. The van der Waals surface area contributed by atoms with Crippen molar-refractivity contribution >= 4 is 5.91 Å². The van der Waals surface area contributed by atoms with Crippen LogP contribution in [0.15, 0.2) is 16.5 Å². The molecule has 1 aromatic heterocycles. The maximum atomic E-state index is 13.4. The number of piperidine rings is 1. The lowest BCUT2D eigenvalue weighted by atomic mass is 9.94. The van der Waals surface area contributed by atoms with Crippen molar-refractivity contribution < 1.29 is 27.5 Å². The third-order valence-corrected chi connectivity index (χ3v) is 4.75. The van der Waals surface area contributed by atoms with Crippen molar-refractivity contribution in [3.8, 4) is 0 Å². The van der Waals surface area contributed by atoms with Gasteiger partial charge in [0.2, 0.25) is 11.5 Å². The summed E-state index contributed by atoms with van der Waals surface area (Å²) in [6, 6.07) is 2.44. The van der Waals surface area contributed by atoms with Crippen LogP contribution in [0.5, 0.6) is 0 Å². The minimum atomic E-state index is -4.98. The van der Waals surface area contributed by atoms with Crippen molar-refractivity contribution in [3.05, 3.63) is 23.7 Å². The van der Waals surface area contributed by atoms with Crippen LogP contribution < -0.4 is 0 Å². The normalized spacial score (nSPS) is 27.2. The Morgan fingerprint density at radius 2 is 2.14 bits per heavy atom. The summed E-state index contributed by atoms with van der Waals surface area (Å²) in [7, 11) is 0. The van der Waals surface area contributed by atoms with E-state index in [1.54, 1.807) is 0 Å². The molecule has 0 aromatic carbocycles. The summed E-state index contributed by atoms with van der Waals surface area (Å²) < 4.78 is 45.0. The summed E-state index contributed by atoms with van der Waals surface area (Å²) in [5.74, 6) is -0.652. The third kappa shape index (κ3) is 2.41. The van der Waals surface area contributed by atoms with E-state index in [9.17, 15) is 23.1 Å². The lowest BCUT2D eigenvalue weighted by Crippen LogP contribution is -2.48. The van der Waals surface area contributed by atoms with Gasteiger partial charge < -0.3 is 14.4 Å². The molecule has 3 unspecified atom stereocenters. The molecule has 2 fully saturated rings. The predicted molar refractivity (Wildman–Crippen MR) is 70.9 cm³/mol. The molecule has 3 rings (SSSR count). The van der Waals surface area contributed by atoms with Gasteiger partial charge in [-0.15, -0.1) is 0 Å². The second-order valence-electron chi connectivity index (χ2n) is 6.32. The third-order valence-electron chi connectivity index (χ3n) is 4.75. The Morgan fingerprint density at radius 1 is 1.41 bits per heavy atom. The molecule has 1 aliphatic carbocycles. The van der Waals surface area contributed by atoms with Crippen LogP contribution in [-0.2, 0) is 10.4 Å². The number of amides is 1. The van der Waals surface area contributed by atoms with Gasteiger partial charge in [0.25, 0.3) is 0 Å². The molecule has 0 radical (unpaired) electrons. The van der Waals surface area contributed by atoms with Crippen molar-refractivity contribution in [1.82, 2.24) is 4.90 Å². The zero-order chi connectivity index (χ0) is 16.1. The second-order valence-corrected chi connectivity index (χ2v) is 6.32. The highest BCUT2D eigenvalue weighted by Crippen LogP contribution is 2.44. The van der Waals surface area contributed by atoms with Crippen molar-refractivity contribution in [2.75, 3.05) is 6.54 Å². The lowest BCUT2D eigenvalue weighted by Gasteiger charge is -2.32. The van der Waals surface area contributed by atoms with Crippen LogP contribution >= 0.6 is 0 Å². The molecule has 1 aromatic rings. The lowest BCUT2D eigenvalue weighted by molar-refractivity contribution is -0.274. The van der Waals surface area contributed by atoms with Gasteiger partial charge in [0.05, 0.1) is 6.42 Å². The molecule has 2 aliphatic rings. The van der Waals surface area contributed by atoms with E-state index < -0.39 is 29.9 Å². The van der Waals surface area contributed by atoms with E-state index in [0.717, 1.165) is 25.3 Å². The van der Waals surface area contributed by atoms with Crippen LogP contribution in [0.25, 0.3) is 0 Å². The highest BCUT2D eigenvalue weighted by molar-refractivity contribution is 5.78. The fourth-order valence-electron chi connectivity index (χ4n) is 3.53. The molecule has 2 bridgehead atoms. The van der Waals surface area contributed by atoms with E-state index in [-0.39, 0.29) is 11.8 Å². The number of aryl methyl sites for hydroxylation is 1. The standard InChI is InChI=1S/C15H18F3NO3/c1-9-2-5-12(22-9)14(21,15(16,17)18)7-13(20)19-8-10-3-4-11(19)6-10/h2,5,10-11,21H,3-4,6-8H2,1H3. The molecule has 1 N–H and O–H groups in total. The van der Waals surface area contributed by atoms with E-state index in [0.29, 0.717) is 12.5 Å². The molecule has 1 amide bonds. The number of fused-ring (bicyclic) bond motifs is 2. The summed E-state index contributed by atoms with van der Waals surface area (Å²) >= 11 is 0. The Labute approximate surface area is 125 Å². The Bertz CT molecular complexity index is 583. The van der Waals surface area contributed by atoms with Crippen LogP contribution in [0.4, 0.5) is 13.2 Å². The Morgan fingerprint density at radius 3 is 2.59 bits per heavy atom. The van der Waals surface area contributed by atoms with E-state index >= 15 is 0 Å². The van der Waals surface area contributed by atoms with E-state index in [4.69, 9.17) is 4.42 Å². The van der Waals surface area contributed by atoms with Gasteiger partial charge in [0.15, 0.2) is 0 Å². The first-order chi connectivity index (χ1) is 10.2. The molecule has 7 heteroatoms. The van der Waals surface area contributed by atoms with Crippen molar-refractivity contribution in [2.45, 2.75) is 50.4 Å². The van der Waals surface area contributed by atoms with E-state index in [2.05, 4.69) is 0 Å². The Kier molecular flexibility index (Phi) is 3.51. The highest BCUT2D eigenvalue weighted by atomic mass is 19.4. The van der Waals surface area contributed by atoms with Crippen LogP contribution in [0.1, 0.15) is 37.2 Å². The van der Waals surface area contributed by atoms with E-state index in [1.165, 1.54) is 17.9 Å². The topological polar surface area (TPSA) is 53.7 Å². The molecular formula is C15H18F3NO3. The summed E-state index contributed by atoms with van der Waals surface area (Å²) in [4.78, 5) is 13.8. The number of furan rings is 1. The molecule has 4 nitrogen and oxygen atoms in total. The number of alkyl halides is 3. The average molecular weight is 317 g/mol. The molecule has 3 atom stereocenters. The minimum Gasteiger partial charge on any atom is -0.463 e. The molecule has 0 spiro atoms. The molecule has 122 valence electrons. The summed E-state index contributed by atoms with van der Waals surface area (Å²) in [5, 5.41) is 10.2. The van der Waals surface area contributed by atoms with Crippen LogP contribution in [0.2, 0.25) is 0 Å². The van der Waals surface area contributed by atoms with Gasteiger partial charge in [-0.3, -0.25) is 4.79 Å². The summed E-state index contributed by atoms with van der Waals surface area (Å²) in [6.45, 7) is 1.98. The van der Waals surface area contributed by atoms with Crippen molar-refractivity contribution in [3.63, 3.8) is 0 Å². The maximum absolute atomic E-state index is 13.4. The highest BCUT2D eigenvalue weighted by Gasteiger charge is 2.59. The molecule has 1 aliphatic heterocycles. The second kappa shape index (κ2) is 5.01. The van der Waals surface area contributed by atoms with Gasteiger partial charge in [0.1, 0.15) is 11.5 Å². The summed E-state index contributed by atoms with van der Waals surface area (Å²) in [6.07, 6.45) is -3.30. The number of likely N-dealkylation sites (tertiary alicyclic amines) is 1. The number of carbonyl (C=O) groups excluding carboxylic acids is 1. The molecule has 22 heavy (non-hydrogen) atoms. The number of halogens is 3. The fraction of sp³-hybridized carbons (Fsp3) is 0.667. The molecule has 2 heterocycles. The van der Waals surface area contributed by atoms with Crippen molar-refractivity contribution in [1.29, 1.82) is 0 Å². The monoisotopic (exact) mass is 317 g/mol. The number of hydrogen-bond acceptors (Lipinski definition) is 3. The quantitative estimate of drug-likeness (QED) is 0.932. The van der Waals surface area contributed by atoms with Gasteiger partial charge >= 0.3 is 6.18 Å². The molecular weight excluding hydrogens is 299 g/mol. The van der Waals surface area contributed by atoms with Crippen LogP contribution in [0.3, 0.4) is 0 Å². The Hall–Kier alpha value is -1.50. The number of nitrogens with zero attached hydrogens (tertiary/aromatic N) is 1. The van der Waals surface area contributed by atoms with Gasteiger partial charge in [0, 0.05) is 12.6 Å². The number of rotatable bonds is 3. The van der Waals surface area contributed by atoms with Crippen LogP contribution in [0, 0.1) is 12.8 Å². The van der Waals surface area contributed by atoms with Gasteiger partial charge in [-0.05, 0) is 44.2 Å². The number of carbonyl (C=O) groups is 1. The first-order valence-electron chi connectivity index (χ1n) is 7.36. The largest absolute Gasteiger partial charge is 0.463 e. The number of aliphatic hydroxyl groups is 1. The van der Waals surface area contributed by atoms with E-state index in [1.807, 2.05) is 0 Å². The Balaban J connectivity index is 1.83. The first-order valence-corrected chi connectivity index (χ1v) is 7.36. The average Bonchev–Trinajstić information content (AvgIpc) is 3.12. The van der Waals surface area contributed by atoms with Gasteiger partial charge in [-0.1, -0.05) is 0 Å². The van der Waals surface area contributed by atoms with Crippen molar-refractivity contribution in [2.24, 2.45) is 5.92 Å². The fourth-order valence-corrected chi connectivity index (χ4v) is 3.53. The molecule has 1 saturated carbocycles. The zero-order valence-electron chi connectivity index (χ0n) is 12.2. The number of hydrogen-bond donors (Lipinski definition) is 1.